The highest BCUT2D eigenvalue weighted by Crippen LogP contribution is 2.35. The third-order valence-electron chi connectivity index (χ3n) is 4.16. The standard InChI is InChI=1S/C19H18F3NO6S/c1-2-27-18(24)12-23(14-5-3-13(4-6-14)19(20,21)22)30(25,26)15-7-8-16-17(11-15)29-10-9-28-16/h3-8,11H,2,9-10,12H2,1H3. The summed E-state index contributed by atoms with van der Waals surface area (Å²) >= 11 is 0. The molecule has 7 nitrogen and oxygen atoms in total. The summed E-state index contributed by atoms with van der Waals surface area (Å²) in [6, 6.07) is 7.38. The Morgan fingerprint density at radius 3 is 2.30 bits per heavy atom. The van der Waals surface area contributed by atoms with Gasteiger partial charge in [0.15, 0.2) is 11.5 Å². The van der Waals surface area contributed by atoms with Crippen molar-refractivity contribution >= 4 is 21.7 Å². The van der Waals surface area contributed by atoms with Crippen LogP contribution in [-0.2, 0) is 25.7 Å². The highest BCUT2D eigenvalue weighted by molar-refractivity contribution is 7.92. The molecule has 1 aliphatic rings. The number of rotatable bonds is 6. The van der Waals surface area contributed by atoms with Crippen LogP contribution in [0.1, 0.15) is 12.5 Å². The largest absolute Gasteiger partial charge is 0.486 e. The van der Waals surface area contributed by atoms with Gasteiger partial charge in [0.2, 0.25) is 0 Å². The number of sulfonamides is 1. The number of fused-ring (bicyclic) bond motifs is 1. The quantitative estimate of drug-likeness (QED) is 0.635. The Bertz CT molecular complexity index is 1020. The van der Waals surface area contributed by atoms with E-state index in [0.717, 1.165) is 24.3 Å². The zero-order chi connectivity index (χ0) is 21.9. The molecule has 0 amide bonds. The van der Waals surface area contributed by atoms with Crippen molar-refractivity contribution in [3.8, 4) is 11.5 Å². The molecule has 1 heterocycles. The number of nitrogens with zero attached hydrogens (tertiary/aromatic N) is 1. The lowest BCUT2D eigenvalue weighted by Gasteiger charge is -2.25. The average Bonchev–Trinajstić information content (AvgIpc) is 2.71. The Balaban J connectivity index is 2.01. The first kappa shape index (κ1) is 21.8. The first-order valence-corrected chi connectivity index (χ1v) is 10.3. The van der Waals surface area contributed by atoms with Gasteiger partial charge in [-0.25, -0.2) is 8.42 Å². The maximum atomic E-state index is 13.2. The fraction of sp³-hybridized carbons (Fsp3) is 0.316. The van der Waals surface area contributed by atoms with Crippen molar-refractivity contribution in [1.82, 2.24) is 0 Å². The molecule has 162 valence electrons. The van der Waals surface area contributed by atoms with E-state index in [1.54, 1.807) is 6.92 Å². The molecule has 0 saturated heterocycles. The van der Waals surface area contributed by atoms with E-state index in [2.05, 4.69) is 0 Å². The lowest BCUT2D eigenvalue weighted by atomic mass is 10.2. The second kappa shape index (κ2) is 8.42. The molecule has 2 aromatic rings. The molecule has 0 N–H and O–H groups in total. The molecule has 2 aromatic carbocycles. The Kier molecular flexibility index (Phi) is 6.11. The number of carbonyl (C=O) groups is 1. The summed E-state index contributed by atoms with van der Waals surface area (Å²) in [4.78, 5) is 11.8. The van der Waals surface area contributed by atoms with Crippen molar-refractivity contribution in [2.75, 3.05) is 30.7 Å². The fourth-order valence-corrected chi connectivity index (χ4v) is 4.19. The smallest absolute Gasteiger partial charge is 0.416 e. The molecule has 0 radical (unpaired) electrons. The topological polar surface area (TPSA) is 82.1 Å². The summed E-state index contributed by atoms with van der Waals surface area (Å²) in [7, 11) is -4.33. The first-order valence-electron chi connectivity index (χ1n) is 8.88. The second-order valence-corrected chi connectivity index (χ2v) is 8.03. The van der Waals surface area contributed by atoms with Crippen molar-refractivity contribution in [3.05, 3.63) is 48.0 Å². The third kappa shape index (κ3) is 4.61. The van der Waals surface area contributed by atoms with Gasteiger partial charge in [-0.05, 0) is 43.3 Å². The molecule has 30 heavy (non-hydrogen) atoms. The predicted molar refractivity (Wildman–Crippen MR) is 100 cm³/mol. The molecule has 0 saturated carbocycles. The number of benzene rings is 2. The summed E-state index contributed by atoms with van der Waals surface area (Å²) in [5, 5.41) is 0. The van der Waals surface area contributed by atoms with Gasteiger partial charge in [-0.15, -0.1) is 0 Å². The molecule has 1 aliphatic heterocycles. The molecular formula is C19H18F3NO6S. The first-order chi connectivity index (χ1) is 14.1. The van der Waals surface area contributed by atoms with Crippen molar-refractivity contribution in [2.24, 2.45) is 0 Å². The van der Waals surface area contributed by atoms with Gasteiger partial charge in [0, 0.05) is 6.07 Å². The summed E-state index contributed by atoms with van der Waals surface area (Å²) in [6.45, 7) is 1.41. The van der Waals surface area contributed by atoms with Crippen LogP contribution in [0.2, 0.25) is 0 Å². The minimum atomic E-state index is -4.58. The van der Waals surface area contributed by atoms with E-state index >= 15 is 0 Å². The van der Waals surface area contributed by atoms with Crippen molar-refractivity contribution in [3.63, 3.8) is 0 Å². The number of carbonyl (C=O) groups excluding carboxylic acids is 1. The van der Waals surface area contributed by atoms with Crippen LogP contribution in [0.25, 0.3) is 0 Å². The van der Waals surface area contributed by atoms with Crippen LogP contribution in [0, 0.1) is 0 Å². The van der Waals surface area contributed by atoms with Crippen LogP contribution in [0.4, 0.5) is 18.9 Å². The van der Waals surface area contributed by atoms with Crippen LogP contribution >= 0.6 is 0 Å². The minimum Gasteiger partial charge on any atom is -0.486 e. The maximum Gasteiger partial charge on any atom is 0.416 e. The van der Waals surface area contributed by atoms with Crippen LogP contribution in [0.3, 0.4) is 0 Å². The number of alkyl halides is 3. The van der Waals surface area contributed by atoms with E-state index in [-0.39, 0.29) is 29.5 Å². The van der Waals surface area contributed by atoms with Crippen LogP contribution < -0.4 is 13.8 Å². The highest BCUT2D eigenvalue weighted by Gasteiger charge is 2.32. The third-order valence-corrected chi connectivity index (χ3v) is 5.93. The highest BCUT2D eigenvalue weighted by atomic mass is 32.2. The number of halogens is 3. The molecule has 0 fully saturated rings. The Morgan fingerprint density at radius 2 is 1.70 bits per heavy atom. The van der Waals surface area contributed by atoms with Gasteiger partial charge in [-0.2, -0.15) is 13.2 Å². The van der Waals surface area contributed by atoms with Gasteiger partial charge in [-0.3, -0.25) is 9.10 Å². The predicted octanol–water partition coefficient (Wildman–Crippen LogP) is 3.24. The molecule has 0 spiro atoms. The van der Waals surface area contributed by atoms with E-state index in [9.17, 15) is 26.4 Å². The summed E-state index contributed by atoms with van der Waals surface area (Å²) < 4.78 is 81.3. The fourth-order valence-electron chi connectivity index (χ4n) is 2.77. The zero-order valence-electron chi connectivity index (χ0n) is 15.8. The SMILES string of the molecule is CCOC(=O)CN(c1ccc(C(F)(F)F)cc1)S(=O)(=O)c1ccc2c(c1)OCCO2. The molecule has 0 aliphatic carbocycles. The second-order valence-electron chi connectivity index (χ2n) is 6.17. The van der Waals surface area contributed by atoms with Crippen molar-refractivity contribution in [1.29, 1.82) is 0 Å². The van der Waals surface area contributed by atoms with Gasteiger partial charge in [0.1, 0.15) is 19.8 Å². The van der Waals surface area contributed by atoms with E-state index in [1.165, 1.54) is 18.2 Å². The van der Waals surface area contributed by atoms with Crippen LogP contribution in [0.5, 0.6) is 11.5 Å². The Hall–Kier alpha value is -2.95. The molecular weight excluding hydrogens is 427 g/mol. The van der Waals surface area contributed by atoms with Gasteiger partial charge < -0.3 is 14.2 Å². The molecule has 0 bridgehead atoms. The summed E-state index contributed by atoms with van der Waals surface area (Å²) in [6.07, 6.45) is -4.58. The number of esters is 1. The number of anilines is 1. The maximum absolute atomic E-state index is 13.2. The molecule has 11 heteroatoms. The molecule has 0 atom stereocenters. The van der Waals surface area contributed by atoms with Gasteiger partial charge in [0.25, 0.3) is 10.0 Å². The van der Waals surface area contributed by atoms with Crippen LogP contribution in [-0.4, -0.2) is 40.8 Å². The summed E-state index contributed by atoms with van der Waals surface area (Å²) in [5.74, 6) is -0.268. The Labute approximate surface area is 171 Å². The number of ether oxygens (including phenoxy) is 3. The lowest BCUT2D eigenvalue weighted by Crippen LogP contribution is -2.36. The van der Waals surface area contributed by atoms with Crippen molar-refractivity contribution in [2.45, 2.75) is 18.0 Å². The number of hydrogen-bond acceptors (Lipinski definition) is 6. The zero-order valence-corrected chi connectivity index (χ0v) is 16.6. The molecule has 0 aromatic heterocycles. The van der Waals surface area contributed by atoms with Gasteiger partial charge in [-0.1, -0.05) is 0 Å². The van der Waals surface area contributed by atoms with Gasteiger partial charge in [0.05, 0.1) is 22.8 Å². The van der Waals surface area contributed by atoms with E-state index in [0.29, 0.717) is 16.7 Å². The lowest BCUT2D eigenvalue weighted by molar-refractivity contribution is -0.141. The summed E-state index contributed by atoms with van der Waals surface area (Å²) in [5.41, 5.74) is -1.06. The average molecular weight is 445 g/mol. The molecule has 0 unspecified atom stereocenters. The normalized spacial score (nSPS) is 13.6. The van der Waals surface area contributed by atoms with Gasteiger partial charge >= 0.3 is 12.1 Å². The van der Waals surface area contributed by atoms with Crippen molar-refractivity contribution < 1.29 is 40.6 Å². The Morgan fingerprint density at radius 1 is 1.07 bits per heavy atom. The van der Waals surface area contributed by atoms with E-state index in [4.69, 9.17) is 14.2 Å². The van der Waals surface area contributed by atoms with E-state index in [1.807, 2.05) is 0 Å². The molecule has 3 rings (SSSR count). The number of hydrogen-bond donors (Lipinski definition) is 0. The van der Waals surface area contributed by atoms with Crippen LogP contribution in [0.15, 0.2) is 47.4 Å². The van der Waals surface area contributed by atoms with E-state index < -0.39 is 34.3 Å². The monoisotopic (exact) mass is 445 g/mol. The minimum absolute atomic E-state index is 0.0176.